The Balaban J connectivity index is 0.000000771. The first-order valence-corrected chi connectivity index (χ1v) is 5.83. The van der Waals surface area contributed by atoms with E-state index in [1.165, 1.54) is 0 Å². The molecule has 0 saturated carbocycles. The molecule has 1 aliphatic heterocycles. The number of hydrogen-bond donors (Lipinski definition) is 1. The standard InChI is InChI=1S/C9H11FN4O2.C2H6/c10-6-5-12-8(7(11)15)13-9(6)14-1-3-16-4-2-14;1-2/h5H,1-4H2,(H2,11,15);1-2H3. The Morgan fingerprint density at radius 2 is 2.06 bits per heavy atom. The van der Waals surface area contributed by atoms with Gasteiger partial charge in [0, 0.05) is 13.1 Å². The normalized spacial score (nSPS) is 14.7. The third kappa shape index (κ3) is 3.36. The van der Waals surface area contributed by atoms with Crippen LogP contribution in [0.4, 0.5) is 10.2 Å². The van der Waals surface area contributed by atoms with E-state index in [1.807, 2.05) is 13.8 Å². The molecule has 0 unspecified atom stereocenters. The fraction of sp³-hybridized carbons (Fsp3) is 0.545. The van der Waals surface area contributed by atoms with Crippen molar-refractivity contribution in [1.82, 2.24) is 9.97 Å². The Bertz CT molecular complexity index is 408. The first kappa shape index (κ1) is 14.3. The summed E-state index contributed by atoms with van der Waals surface area (Å²) in [7, 11) is 0. The molecule has 0 aliphatic carbocycles. The van der Waals surface area contributed by atoms with Crippen LogP contribution < -0.4 is 10.6 Å². The molecule has 18 heavy (non-hydrogen) atoms. The highest BCUT2D eigenvalue weighted by Gasteiger charge is 2.18. The molecule has 1 aromatic rings. The van der Waals surface area contributed by atoms with Gasteiger partial charge in [0.25, 0.3) is 5.91 Å². The molecule has 0 spiro atoms. The minimum absolute atomic E-state index is 0.104. The number of nitrogens with zero attached hydrogens (tertiary/aromatic N) is 3. The molecule has 1 fully saturated rings. The number of carbonyl (C=O) groups excluding carboxylic acids is 1. The Kier molecular flexibility index (Phi) is 5.44. The lowest BCUT2D eigenvalue weighted by molar-refractivity contribution is 0.0990. The lowest BCUT2D eigenvalue weighted by Gasteiger charge is -2.27. The van der Waals surface area contributed by atoms with Crippen molar-refractivity contribution in [3.63, 3.8) is 0 Å². The summed E-state index contributed by atoms with van der Waals surface area (Å²) >= 11 is 0. The van der Waals surface area contributed by atoms with Crippen LogP contribution in [0, 0.1) is 5.82 Å². The Labute approximate surface area is 105 Å². The van der Waals surface area contributed by atoms with Gasteiger partial charge in [0.1, 0.15) is 0 Å². The third-order valence-electron chi connectivity index (χ3n) is 2.26. The number of anilines is 1. The predicted octanol–water partition coefficient (Wildman–Crippen LogP) is 0.577. The number of hydrogen-bond acceptors (Lipinski definition) is 5. The summed E-state index contributed by atoms with van der Waals surface area (Å²) < 4.78 is 18.6. The van der Waals surface area contributed by atoms with Crippen LogP contribution in [0.5, 0.6) is 0 Å². The van der Waals surface area contributed by atoms with E-state index in [-0.39, 0.29) is 11.6 Å². The highest BCUT2D eigenvalue weighted by molar-refractivity contribution is 5.89. The SMILES string of the molecule is CC.NC(=O)c1ncc(F)c(N2CCOCC2)n1. The summed E-state index contributed by atoms with van der Waals surface area (Å²) in [6.45, 7) is 6.09. The van der Waals surface area contributed by atoms with E-state index in [4.69, 9.17) is 10.5 Å². The second-order valence-electron chi connectivity index (χ2n) is 3.33. The summed E-state index contributed by atoms with van der Waals surface area (Å²) in [4.78, 5) is 19.9. The molecule has 0 bridgehead atoms. The minimum Gasteiger partial charge on any atom is -0.378 e. The van der Waals surface area contributed by atoms with E-state index in [0.717, 1.165) is 6.20 Å². The lowest BCUT2D eigenvalue weighted by atomic mass is 10.4. The summed E-state index contributed by atoms with van der Waals surface area (Å²) in [5.41, 5.74) is 5.03. The van der Waals surface area contributed by atoms with Crippen LogP contribution in [0.2, 0.25) is 0 Å². The molecule has 7 heteroatoms. The van der Waals surface area contributed by atoms with Crippen molar-refractivity contribution in [2.75, 3.05) is 31.2 Å². The van der Waals surface area contributed by atoms with Gasteiger partial charge in [-0.3, -0.25) is 4.79 Å². The number of halogens is 1. The van der Waals surface area contributed by atoms with Gasteiger partial charge in [0.15, 0.2) is 11.6 Å². The summed E-state index contributed by atoms with van der Waals surface area (Å²) in [6, 6.07) is 0. The van der Waals surface area contributed by atoms with Crippen molar-refractivity contribution in [2.45, 2.75) is 13.8 Å². The third-order valence-corrected chi connectivity index (χ3v) is 2.26. The Morgan fingerprint density at radius 3 is 2.61 bits per heavy atom. The van der Waals surface area contributed by atoms with Crippen LogP contribution in [0.1, 0.15) is 24.5 Å². The van der Waals surface area contributed by atoms with Gasteiger partial charge in [-0.15, -0.1) is 0 Å². The zero-order valence-electron chi connectivity index (χ0n) is 10.5. The molecule has 2 rings (SSSR count). The van der Waals surface area contributed by atoms with E-state index in [9.17, 15) is 9.18 Å². The largest absolute Gasteiger partial charge is 0.378 e. The summed E-state index contributed by atoms with van der Waals surface area (Å²) in [5, 5.41) is 0. The summed E-state index contributed by atoms with van der Waals surface area (Å²) in [5.74, 6) is -1.41. The van der Waals surface area contributed by atoms with Gasteiger partial charge in [-0.25, -0.2) is 14.4 Å². The van der Waals surface area contributed by atoms with Crippen LogP contribution in [0.15, 0.2) is 6.20 Å². The van der Waals surface area contributed by atoms with E-state index in [2.05, 4.69) is 9.97 Å². The molecule has 2 N–H and O–H groups in total. The first-order chi connectivity index (χ1) is 8.68. The predicted molar refractivity (Wildman–Crippen MR) is 64.9 cm³/mol. The molecular formula is C11H17FN4O2. The van der Waals surface area contributed by atoms with E-state index in [1.54, 1.807) is 4.90 Å². The van der Waals surface area contributed by atoms with E-state index < -0.39 is 11.7 Å². The number of morpholine rings is 1. The van der Waals surface area contributed by atoms with Gasteiger partial charge in [-0.05, 0) is 0 Å². The van der Waals surface area contributed by atoms with Crippen LogP contribution in [-0.2, 0) is 4.74 Å². The molecule has 0 aromatic carbocycles. The van der Waals surface area contributed by atoms with Crippen molar-refractivity contribution < 1.29 is 13.9 Å². The molecular weight excluding hydrogens is 239 g/mol. The molecule has 0 atom stereocenters. The molecule has 100 valence electrons. The first-order valence-electron chi connectivity index (χ1n) is 5.83. The van der Waals surface area contributed by atoms with Crippen molar-refractivity contribution in [3.8, 4) is 0 Å². The van der Waals surface area contributed by atoms with Gasteiger partial charge in [-0.1, -0.05) is 13.8 Å². The second-order valence-corrected chi connectivity index (χ2v) is 3.33. The fourth-order valence-corrected chi connectivity index (χ4v) is 1.47. The quantitative estimate of drug-likeness (QED) is 0.837. The van der Waals surface area contributed by atoms with Crippen LogP contribution >= 0.6 is 0 Å². The van der Waals surface area contributed by atoms with Crippen LogP contribution in [0.3, 0.4) is 0 Å². The van der Waals surface area contributed by atoms with Gasteiger partial charge in [0.2, 0.25) is 5.82 Å². The van der Waals surface area contributed by atoms with Gasteiger partial charge in [0.05, 0.1) is 19.4 Å². The average Bonchev–Trinajstić information content (AvgIpc) is 2.42. The topological polar surface area (TPSA) is 81.3 Å². The number of aromatic nitrogens is 2. The van der Waals surface area contributed by atoms with Gasteiger partial charge >= 0.3 is 0 Å². The number of primary amides is 1. The van der Waals surface area contributed by atoms with Crippen molar-refractivity contribution in [3.05, 3.63) is 17.8 Å². The molecule has 1 saturated heterocycles. The Morgan fingerprint density at radius 1 is 1.44 bits per heavy atom. The zero-order chi connectivity index (χ0) is 13.5. The number of carbonyl (C=O) groups is 1. The maximum absolute atomic E-state index is 13.5. The number of nitrogens with two attached hydrogens (primary N) is 1. The van der Waals surface area contributed by atoms with Crippen molar-refractivity contribution in [2.24, 2.45) is 5.73 Å². The zero-order valence-corrected chi connectivity index (χ0v) is 10.5. The van der Waals surface area contributed by atoms with E-state index in [0.29, 0.717) is 26.3 Å². The number of ether oxygens (including phenoxy) is 1. The second kappa shape index (κ2) is 6.85. The average molecular weight is 256 g/mol. The monoisotopic (exact) mass is 256 g/mol. The highest BCUT2D eigenvalue weighted by Crippen LogP contribution is 2.16. The molecule has 1 amide bonds. The molecule has 0 radical (unpaired) electrons. The lowest BCUT2D eigenvalue weighted by Crippen LogP contribution is -2.37. The van der Waals surface area contributed by atoms with Crippen LogP contribution in [0.25, 0.3) is 0 Å². The molecule has 1 aromatic heterocycles. The van der Waals surface area contributed by atoms with Gasteiger partial charge < -0.3 is 15.4 Å². The van der Waals surface area contributed by atoms with Crippen molar-refractivity contribution >= 4 is 11.7 Å². The maximum Gasteiger partial charge on any atom is 0.286 e. The molecule has 2 heterocycles. The van der Waals surface area contributed by atoms with E-state index >= 15 is 0 Å². The fourth-order valence-electron chi connectivity index (χ4n) is 1.47. The molecule has 6 nitrogen and oxygen atoms in total. The van der Waals surface area contributed by atoms with Crippen molar-refractivity contribution in [1.29, 1.82) is 0 Å². The minimum atomic E-state index is -0.769. The van der Waals surface area contributed by atoms with Gasteiger partial charge in [-0.2, -0.15) is 0 Å². The Hall–Kier alpha value is -1.76. The smallest absolute Gasteiger partial charge is 0.286 e. The van der Waals surface area contributed by atoms with Crippen LogP contribution in [-0.4, -0.2) is 42.2 Å². The maximum atomic E-state index is 13.5. The highest BCUT2D eigenvalue weighted by atomic mass is 19.1. The number of rotatable bonds is 2. The molecule has 1 aliphatic rings. The number of amides is 1. The summed E-state index contributed by atoms with van der Waals surface area (Å²) in [6.07, 6.45) is 0.956.